The first-order valence-electron chi connectivity index (χ1n) is 7.19. The van der Waals surface area contributed by atoms with Crippen LogP contribution in [-0.4, -0.2) is 27.9 Å². The quantitative estimate of drug-likeness (QED) is 0.900. The molecule has 1 amide bonds. The number of para-hydroxylation sites is 2. The van der Waals surface area contributed by atoms with E-state index in [9.17, 15) is 4.79 Å². The van der Waals surface area contributed by atoms with Gasteiger partial charge in [-0.15, -0.1) is 0 Å². The topological polar surface area (TPSA) is 79.9 Å². The van der Waals surface area contributed by atoms with E-state index in [4.69, 9.17) is 4.74 Å². The van der Waals surface area contributed by atoms with Gasteiger partial charge in [0.2, 0.25) is 5.91 Å². The minimum absolute atomic E-state index is 0.0100. The van der Waals surface area contributed by atoms with Crippen molar-refractivity contribution in [3.05, 3.63) is 35.7 Å². The zero-order chi connectivity index (χ0) is 14.7. The van der Waals surface area contributed by atoms with Crippen molar-refractivity contribution in [2.24, 2.45) is 5.92 Å². The van der Waals surface area contributed by atoms with Crippen LogP contribution in [0.5, 0.6) is 5.75 Å². The predicted molar refractivity (Wildman–Crippen MR) is 78.1 cm³/mol. The highest BCUT2D eigenvalue weighted by molar-refractivity contribution is 5.94. The van der Waals surface area contributed by atoms with Crippen LogP contribution in [0.1, 0.15) is 24.7 Å². The summed E-state index contributed by atoms with van der Waals surface area (Å²) >= 11 is 0. The fourth-order valence-corrected chi connectivity index (χ4v) is 2.59. The van der Waals surface area contributed by atoms with Crippen LogP contribution in [0.4, 0.5) is 5.69 Å². The van der Waals surface area contributed by atoms with Crippen LogP contribution in [-0.2, 0) is 17.6 Å². The summed E-state index contributed by atoms with van der Waals surface area (Å²) in [6.07, 6.45) is 2.22. The zero-order valence-corrected chi connectivity index (χ0v) is 11.9. The molecule has 1 unspecified atom stereocenters. The standard InChI is InChI=1S/C15H18N4O2/c1-2-21-14-6-4-3-5-12(14)16-15(20)10-7-8-11-13(9-10)18-19-17-11/h3-6,10H,2,7-9H2,1H3,(H,16,20)(H,17,18,19). The number of H-pyrrole nitrogens is 1. The Bertz CT molecular complexity index is 638. The van der Waals surface area contributed by atoms with Crippen molar-refractivity contribution >= 4 is 11.6 Å². The maximum Gasteiger partial charge on any atom is 0.227 e. The van der Waals surface area contributed by atoms with E-state index in [1.165, 1.54) is 0 Å². The number of carbonyl (C=O) groups is 1. The van der Waals surface area contributed by atoms with Gasteiger partial charge in [-0.05, 0) is 31.9 Å². The van der Waals surface area contributed by atoms with Crippen LogP contribution < -0.4 is 10.1 Å². The molecule has 2 N–H and O–H groups in total. The smallest absolute Gasteiger partial charge is 0.227 e. The summed E-state index contributed by atoms with van der Waals surface area (Å²) < 4.78 is 5.53. The number of ether oxygens (including phenoxy) is 1. The molecule has 21 heavy (non-hydrogen) atoms. The molecule has 1 aliphatic carbocycles. The summed E-state index contributed by atoms with van der Waals surface area (Å²) in [7, 11) is 0. The molecule has 0 spiro atoms. The molecule has 1 aliphatic rings. The number of aromatic nitrogens is 3. The van der Waals surface area contributed by atoms with Gasteiger partial charge in [0, 0.05) is 12.3 Å². The molecule has 1 heterocycles. The van der Waals surface area contributed by atoms with Gasteiger partial charge in [0.15, 0.2) is 0 Å². The van der Waals surface area contributed by atoms with Gasteiger partial charge in [0.25, 0.3) is 0 Å². The highest BCUT2D eigenvalue weighted by atomic mass is 16.5. The second-order valence-electron chi connectivity index (χ2n) is 5.08. The minimum atomic E-state index is -0.0720. The van der Waals surface area contributed by atoms with Gasteiger partial charge in [-0.2, -0.15) is 15.4 Å². The van der Waals surface area contributed by atoms with Crippen LogP contribution in [0.15, 0.2) is 24.3 Å². The number of amides is 1. The van der Waals surface area contributed by atoms with Crippen molar-refractivity contribution in [2.75, 3.05) is 11.9 Å². The Balaban J connectivity index is 1.70. The summed E-state index contributed by atoms with van der Waals surface area (Å²) in [5.41, 5.74) is 2.60. The lowest BCUT2D eigenvalue weighted by atomic mass is 9.89. The number of rotatable bonds is 4. The fraction of sp³-hybridized carbons (Fsp3) is 0.400. The molecule has 0 aliphatic heterocycles. The van der Waals surface area contributed by atoms with Gasteiger partial charge in [-0.3, -0.25) is 4.79 Å². The number of aryl methyl sites for hydroxylation is 1. The molecule has 0 fully saturated rings. The van der Waals surface area contributed by atoms with Crippen LogP contribution in [0.25, 0.3) is 0 Å². The number of hydrogen-bond donors (Lipinski definition) is 2. The third kappa shape index (κ3) is 2.89. The maximum atomic E-state index is 12.4. The molecule has 1 aromatic heterocycles. The van der Waals surface area contributed by atoms with Crippen LogP contribution >= 0.6 is 0 Å². The van der Waals surface area contributed by atoms with Gasteiger partial charge in [-0.25, -0.2) is 0 Å². The largest absolute Gasteiger partial charge is 0.492 e. The zero-order valence-electron chi connectivity index (χ0n) is 11.9. The Hall–Kier alpha value is -2.37. The Morgan fingerprint density at radius 1 is 1.38 bits per heavy atom. The molecule has 0 saturated carbocycles. The van der Waals surface area contributed by atoms with Crippen LogP contribution in [0, 0.1) is 5.92 Å². The molecule has 6 nitrogen and oxygen atoms in total. The molecule has 0 bridgehead atoms. The summed E-state index contributed by atoms with van der Waals surface area (Å²) in [5.74, 6) is 0.638. The normalized spacial score (nSPS) is 17.1. The third-order valence-corrected chi connectivity index (χ3v) is 3.69. The average molecular weight is 286 g/mol. The second-order valence-corrected chi connectivity index (χ2v) is 5.08. The van der Waals surface area contributed by atoms with Crippen molar-refractivity contribution in [3.8, 4) is 5.75 Å². The molecule has 1 aromatic carbocycles. The monoisotopic (exact) mass is 286 g/mol. The highest BCUT2D eigenvalue weighted by Crippen LogP contribution is 2.27. The SMILES string of the molecule is CCOc1ccccc1NC(=O)C1CCc2n[nH]nc2C1. The number of benzene rings is 1. The number of hydrogen-bond acceptors (Lipinski definition) is 4. The lowest BCUT2D eigenvalue weighted by molar-refractivity contribution is -0.120. The third-order valence-electron chi connectivity index (χ3n) is 3.69. The summed E-state index contributed by atoms with van der Waals surface area (Å²) in [5, 5.41) is 13.8. The summed E-state index contributed by atoms with van der Waals surface area (Å²) in [6, 6.07) is 7.49. The molecule has 2 aromatic rings. The predicted octanol–water partition coefficient (Wildman–Crippen LogP) is 1.95. The molecule has 1 atom stereocenters. The lowest BCUT2D eigenvalue weighted by Gasteiger charge is -2.20. The van der Waals surface area contributed by atoms with Gasteiger partial charge < -0.3 is 10.1 Å². The van der Waals surface area contributed by atoms with Crippen LogP contribution in [0.2, 0.25) is 0 Å². The van der Waals surface area contributed by atoms with Crippen molar-refractivity contribution < 1.29 is 9.53 Å². The van der Waals surface area contributed by atoms with E-state index in [0.29, 0.717) is 18.8 Å². The number of anilines is 1. The van der Waals surface area contributed by atoms with Gasteiger partial charge in [0.1, 0.15) is 5.75 Å². The van der Waals surface area contributed by atoms with E-state index in [0.717, 1.165) is 29.9 Å². The fourth-order valence-electron chi connectivity index (χ4n) is 2.59. The molecular weight excluding hydrogens is 268 g/mol. The summed E-state index contributed by atoms with van der Waals surface area (Å²) in [6.45, 7) is 2.49. The van der Waals surface area contributed by atoms with Gasteiger partial charge >= 0.3 is 0 Å². The van der Waals surface area contributed by atoms with Crippen LogP contribution in [0.3, 0.4) is 0 Å². The van der Waals surface area contributed by atoms with Gasteiger partial charge in [0.05, 0.1) is 23.7 Å². The Labute approximate surface area is 122 Å². The highest BCUT2D eigenvalue weighted by Gasteiger charge is 2.27. The average Bonchev–Trinajstić information content (AvgIpc) is 2.97. The van der Waals surface area contributed by atoms with E-state index in [2.05, 4.69) is 20.7 Å². The molecule has 6 heteroatoms. The molecular formula is C15H18N4O2. The summed E-state index contributed by atoms with van der Waals surface area (Å²) in [4.78, 5) is 12.4. The first kappa shape index (κ1) is 13.6. The van der Waals surface area contributed by atoms with E-state index in [-0.39, 0.29) is 11.8 Å². The molecule has 110 valence electrons. The minimum Gasteiger partial charge on any atom is -0.492 e. The first-order chi connectivity index (χ1) is 10.3. The van der Waals surface area contributed by atoms with Crippen molar-refractivity contribution in [3.63, 3.8) is 0 Å². The molecule has 3 rings (SSSR count). The van der Waals surface area contributed by atoms with Crippen molar-refractivity contribution in [1.29, 1.82) is 0 Å². The lowest BCUT2D eigenvalue weighted by Crippen LogP contribution is -2.28. The Kier molecular flexibility index (Phi) is 3.85. The number of nitrogens with one attached hydrogen (secondary N) is 2. The molecule has 0 radical (unpaired) electrons. The van der Waals surface area contributed by atoms with E-state index in [1.54, 1.807) is 0 Å². The van der Waals surface area contributed by atoms with E-state index >= 15 is 0 Å². The number of fused-ring (bicyclic) bond motifs is 1. The Morgan fingerprint density at radius 2 is 2.19 bits per heavy atom. The Morgan fingerprint density at radius 3 is 3.05 bits per heavy atom. The van der Waals surface area contributed by atoms with Crippen molar-refractivity contribution in [1.82, 2.24) is 15.4 Å². The van der Waals surface area contributed by atoms with E-state index < -0.39 is 0 Å². The van der Waals surface area contributed by atoms with Crippen molar-refractivity contribution in [2.45, 2.75) is 26.2 Å². The molecule has 0 saturated heterocycles. The van der Waals surface area contributed by atoms with Gasteiger partial charge in [-0.1, -0.05) is 12.1 Å². The number of carbonyl (C=O) groups excluding carboxylic acids is 1. The number of nitrogens with zero attached hydrogens (tertiary/aromatic N) is 2. The maximum absolute atomic E-state index is 12.4. The van der Waals surface area contributed by atoms with E-state index in [1.807, 2.05) is 31.2 Å². The second kappa shape index (κ2) is 5.95. The number of aromatic amines is 1. The first-order valence-corrected chi connectivity index (χ1v) is 7.19.